The van der Waals surface area contributed by atoms with Crippen molar-refractivity contribution in [2.75, 3.05) is 0 Å². The van der Waals surface area contributed by atoms with Crippen LogP contribution in [0.5, 0.6) is 0 Å². The zero-order valence-electron chi connectivity index (χ0n) is 7.89. The summed E-state index contributed by atoms with van der Waals surface area (Å²) in [6.45, 7) is 0. The molecule has 0 unspecified atom stereocenters. The van der Waals surface area contributed by atoms with E-state index in [0.717, 1.165) is 5.56 Å². The fourth-order valence-electron chi connectivity index (χ4n) is 1.30. The largest absolute Gasteiger partial charge is 0.241 e. The summed E-state index contributed by atoms with van der Waals surface area (Å²) in [5, 5.41) is 12.5. The Bertz CT molecular complexity index is 511. The van der Waals surface area contributed by atoms with Gasteiger partial charge in [0.2, 0.25) is 0 Å². The predicted molar refractivity (Wildman–Crippen MR) is 52.8 cm³/mol. The molecular formula is C11H8FN3. The van der Waals surface area contributed by atoms with E-state index in [4.69, 9.17) is 5.26 Å². The van der Waals surface area contributed by atoms with Gasteiger partial charge in [-0.05, 0) is 18.2 Å². The number of benzene rings is 1. The van der Waals surface area contributed by atoms with Crippen LogP contribution in [0.25, 0.3) is 5.69 Å². The first-order valence-electron chi connectivity index (χ1n) is 4.46. The van der Waals surface area contributed by atoms with Gasteiger partial charge in [-0.2, -0.15) is 10.4 Å². The SMILES string of the molecule is N#CCc1cnn(-c2cccc(F)c2)c1. The minimum atomic E-state index is -0.301. The fourth-order valence-corrected chi connectivity index (χ4v) is 1.30. The second-order valence-electron chi connectivity index (χ2n) is 3.11. The molecule has 0 aliphatic heterocycles. The van der Waals surface area contributed by atoms with Crippen LogP contribution in [-0.4, -0.2) is 9.78 Å². The number of aromatic nitrogens is 2. The van der Waals surface area contributed by atoms with Gasteiger partial charge < -0.3 is 0 Å². The second-order valence-corrected chi connectivity index (χ2v) is 3.11. The molecule has 3 nitrogen and oxygen atoms in total. The molecule has 1 aromatic carbocycles. The molecule has 0 saturated heterocycles. The molecule has 0 spiro atoms. The molecule has 0 aliphatic carbocycles. The van der Waals surface area contributed by atoms with E-state index in [2.05, 4.69) is 5.10 Å². The van der Waals surface area contributed by atoms with Crippen LogP contribution in [0.3, 0.4) is 0 Å². The van der Waals surface area contributed by atoms with Gasteiger partial charge in [0, 0.05) is 11.8 Å². The Kier molecular flexibility index (Phi) is 2.46. The molecule has 74 valence electrons. The smallest absolute Gasteiger partial charge is 0.125 e. The van der Waals surface area contributed by atoms with Gasteiger partial charge in [0.15, 0.2) is 0 Å². The first-order chi connectivity index (χ1) is 7.29. The molecule has 0 N–H and O–H groups in total. The third-order valence-electron chi connectivity index (χ3n) is 1.99. The van der Waals surface area contributed by atoms with Gasteiger partial charge in [0.25, 0.3) is 0 Å². The third-order valence-corrected chi connectivity index (χ3v) is 1.99. The molecule has 0 aliphatic rings. The normalized spacial score (nSPS) is 9.87. The zero-order valence-corrected chi connectivity index (χ0v) is 7.89. The average molecular weight is 201 g/mol. The van der Waals surface area contributed by atoms with Gasteiger partial charge in [-0.1, -0.05) is 6.07 Å². The molecule has 0 atom stereocenters. The molecule has 4 heteroatoms. The second kappa shape index (κ2) is 3.93. The third kappa shape index (κ3) is 2.02. The van der Waals surface area contributed by atoms with Gasteiger partial charge >= 0.3 is 0 Å². The van der Waals surface area contributed by atoms with Crippen LogP contribution in [0.1, 0.15) is 5.56 Å². The lowest BCUT2D eigenvalue weighted by Crippen LogP contribution is -1.94. The summed E-state index contributed by atoms with van der Waals surface area (Å²) in [7, 11) is 0. The first kappa shape index (κ1) is 9.41. The minimum Gasteiger partial charge on any atom is -0.241 e. The number of halogens is 1. The molecule has 0 radical (unpaired) electrons. The summed E-state index contributed by atoms with van der Waals surface area (Å²) >= 11 is 0. The van der Waals surface area contributed by atoms with Crippen molar-refractivity contribution in [1.82, 2.24) is 9.78 Å². The summed E-state index contributed by atoms with van der Waals surface area (Å²) in [5.74, 6) is -0.301. The van der Waals surface area contributed by atoms with E-state index in [1.54, 1.807) is 29.2 Å². The van der Waals surface area contributed by atoms with Crippen molar-refractivity contribution < 1.29 is 4.39 Å². The Morgan fingerprint density at radius 2 is 2.33 bits per heavy atom. The van der Waals surface area contributed by atoms with Crippen LogP contribution in [0.4, 0.5) is 4.39 Å². The van der Waals surface area contributed by atoms with E-state index >= 15 is 0 Å². The van der Waals surface area contributed by atoms with E-state index in [0.29, 0.717) is 12.1 Å². The maximum Gasteiger partial charge on any atom is 0.125 e. The Labute approximate surface area is 86.4 Å². The number of hydrogen-bond donors (Lipinski definition) is 0. The maximum atomic E-state index is 12.9. The highest BCUT2D eigenvalue weighted by atomic mass is 19.1. The lowest BCUT2D eigenvalue weighted by Gasteiger charge is -1.99. The lowest BCUT2D eigenvalue weighted by atomic mass is 10.3. The highest BCUT2D eigenvalue weighted by Gasteiger charge is 2.01. The molecule has 2 rings (SSSR count). The van der Waals surface area contributed by atoms with E-state index < -0.39 is 0 Å². The molecule has 0 amide bonds. The van der Waals surface area contributed by atoms with E-state index in [1.807, 2.05) is 6.07 Å². The van der Waals surface area contributed by atoms with Gasteiger partial charge in [-0.15, -0.1) is 0 Å². The van der Waals surface area contributed by atoms with Crippen molar-refractivity contribution in [2.45, 2.75) is 6.42 Å². The summed E-state index contributed by atoms with van der Waals surface area (Å²) in [4.78, 5) is 0. The minimum absolute atomic E-state index is 0.301. The summed E-state index contributed by atoms with van der Waals surface area (Å²) in [5.41, 5.74) is 1.47. The van der Waals surface area contributed by atoms with Crippen molar-refractivity contribution in [2.24, 2.45) is 0 Å². The molecule has 0 bridgehead atoms. The van der Waals surface area contributed by atoms with E-state index in [1.165, 1.54) is 12.1 Å². The topological polar surface area (TPSA) is 41.6 Å². The van der Waals surface area contributed by atoms with Crippen LogP contribution >= 0.6 is 0 Å². The van der Waals surface area contributed by atoms with Crippen LogP contribution in [0.15, 0.2) is 36.7 Å². The van der Waals surface area contributed by atoms with E-state index in [-0.39, 0.29) is 5.82 Å². The fraction of sp³-hybridized carbons (Fsp3) is 0.0909. The van der Waals surface area contributed by atoms with Crippen molar-refractivity contribution in [1.29, 1.82) is 5.26 Å². The van der Waals surface area contributed by atoms with Crippen molar-refractivity contribution in [3.8, 4) is 11.8 Å². The molecule has 1 heterocycles. The van der Waals surface area contributed by atoms with Gasteiger partial charge in [0.1, 0.15) is 5.82 Å². The van der Waals surface area contributed by atoms with Crippen molar-refractivity contribution in [3.05, 3.63) is 48.0 Å². The Morgan fingerprint density at radius 3 is 3.07 bits per heavy atom. The monoisotopic (exact) mass is 201 g/mol. The Balaban J connectivity index is 2.34. The predicted octanol–water partition coefficient (Wildman–Crippen LogP) is 2.08. The maximum absolute atomic E-state index is 12.9. The molecule has 0 fully saturated rings. The summed E-state index contributed by atoms with van der Waals surface area (Å²) in [6, 6.07) is 8.18. The number of hydrogen-bond acceptors (Lipinski definition) is 2. The number of nitriles is 1. The highest BCUT2D eigenvalue weighted by molar-refractivity contribution is 5.32. The summed E-state index contributed by atoms with van der Waals surface area (Å²) in [6.07, 6.45) is 3.64. The molecule has 15 heavy (non-hydrogen) atoms. The standard InChI is InChI=1S/C11H8FN3/c12-10-2-1-3-11(6-10)15-8-9(4-5-13)7-14-15/h1-3,6-8H,4H2. The first-order valence-corrected chi connectivity index (χ1v) is 4.46. The van der Waals surface area contributed by atoms with Crippen molar-refractivity contribution in [3.63, 3.8) is 0 Å². The average Bonchev–Trinajstić information content (AvgIpc) is 2.67. The van der Waals surface area contributed by atoms with Gasteiger partial charge in [-0.3, -0.25) is 0 Å². The molecular weight excluding hydrogens is 193 g/mol. The van der Waals surface area contributed by atoms with Gasteiger partial charge in [0.05, 0.1) is 24.4 Å². The molecule has 1 aromatic heterocycles. The molecule has 0 saturated carbocycles. The summed E-state index contributed by atoms with van der Waals surface area (Å²) < 4.78 is 14.5. The molecule has 2 aromatic rings. The van der Waals surface area contributed by atoms with E-state index in [9.17, 15) is 4.39 Å². The zero-order chi connectivity index (χ0) is 10.7. The lowest BCUT2D eigenvalue weighted by molar-refractivity contribution is 0.625. The Morgan fingerprint density at radius 1 is 1.47 bits per heavy atom. The Hall–Kier alpha value is -2.15. The van der Waals surface area contributed by atoms with Crippen LogP contribution in [0.2, 0.25) is 0 Å². The van der Waals surface area contributed by atoms with Crippen LogP contribution in [0, 0.1) is 17.1 Å². The number of nitrogens with zero attached hydrogens (tertiary/aromatic N) is 3. The van der Waals surface area contributed by atoms with Crippen LogP contribution < -0.4 is 0 Å². The quantitative estimate of drug-likeness (QED) is 0.746. The highest BCUT2D eigenvalue weighted by Crippen LogP contribution is 2.10. The van der Waals surface area contributed by atoms with Crippen LogP contribution in [-0.2, 0) is 6.42 Å². The van der Waals surface area contributed by atoms with Crippen molar-refractivity contribution >= 4 is 0 Å². The van der Waals surface area contributed by atoms with Gasteiger partial charge in [-0.25, -0.2) is 9.07 Å². The number of rotatable bonds is 2.